The van der Waals surface area contributed by atoms with Crippen LogP contribution in [0.15, 0.2) is 12.4 Å². The van der Waals surface area contributed by atoms with Gasteiger partial charge in [-0.05, 0) is 0 Å². The monoisotopic (exact) mass is 245 g/mol. The molecule has 0 bridgehead atoms. The maximum absolute atomic E-state index is 8.90. The molecule has 0 aliphatic carbocycles. The van der Waals surface area contributed by atoms with Crippen molar-refractivity contribution in [3.05, 3.63) is 12.4 Å². The summed E-state index contributed by atoms with van der Waals surface area (Å²) in [6, 6.07) is -0.377. The van der Waals surface area contributed by atoms with Gasteiger partial charge in [-0.2, -0.15) is 5.10 Å². The van der Waals surface area contributed by atoms with Gasteiger partial charge in [0, 0.05) is 6.20 Å². The van der Waals surface area contributed by atoms with Crippen molar-refractivity contribution >= 4 is 5.69 Å². The minimum Gasteiger partial charge on any atom is -0.394 e. The van der Waals surface area contributed by atoms with Crippen LogP contribution in [-0.2, 0) is 11.3 Å². The van der Waals surface area contributed by atoms with Crippen molar-refractivity contribution in [2.75, 3.05) is 38.4 Å². The van der Waals surface area contributed by atoms with Crippen LogP contribution >= 0.6 is 0 Å². The second-order valence-electron chi connectivity index (χ2n) is 3.53. The van der Waals surface area contributed by atoms with E-state index in [-0.39, 0.29) is 25.9 Å². The van der Waals surface area contributed by atoms with E-state index in [0.717, 1.165) is 5.69 Å². The Hall–Kier alpha value is -1.15. The van der Waals surface area contributed by atoms with Gasteiger partial charge in [0.25, 0.3) is 0 Å². The van der Waals surface area contributed by atoms with E-state index in [9.17, 15) is 0 Å². The SMILES string of the molecule is OCCOCCn1cc(NC(CO)CO)cn1. The van der Waals surface area contributed by atoms with Crippen molar-refractivity contribution in [3.8, 4) is 0 Å². The van der Waals surface area contributed by atoms with Crippen LogP contribution in [-0.4, -0.2) is 64.2 Å². The maximum atomic E-state index is 8.90. The van der Waals surface area contributed by atoms with Gasteiger partial charge in [0.15, 0.2) is 0 Å². The lowest BCUT2D eigenvalue weighted by Crippen LogP contribution is -2.27. The first kappa shape index (κ1) is 13.9. The highest BCUT2D eigenvalue weighted by molar-refractivity contribution is 5.39. The molecule has 0 saturated carbocycles. The van der Waals surface area contributed by atoms with Crippen LogP contribution in [0.4, 0.5) is 5.69 Å². The molecule has 1 aromatic heterocycles. The molecule has 0 aliphatic rings. The summed E-state index contributed by atoms with van der Waals surface area (Å²) in [4.78, 5) is 0. The van der Waals surface area contributed by atoms with Gasteiger partial charge in [-0.3, -0.25) is 4.68 Å². The van der Waals surface area contributed by atoms with Gasteiger partial charge in [-0.15, -0.1) is 0 Å². The van der Waals surface area contributed by atoms with E-state index < -0.39 is 0 Å². The number of ether oxygens (including phenoxy) is 1. The fourth-order valence-electron chi connectivity index (χ4n) is 1.27. The Morgan fingerprint density at radius 3 is 2.71 bits per heavy atom. The minimum absolute atomic E-state index is 0.0145. The summed E-state index contributed by atoms with van der Waals surface area (Å²) in [5.74, 6) is 0. The lowest BCUT2D eigenvalue weighted by Gasteiger charge is -2.12. The molecule has 0 saturated heterocycles. The third kappa shape index (κ3) is 5.14. The average Bonchev–Trinajstić information content (AvgIpc) is 2.79. The van der Waals surface area contributed by atoms with E-state index >= 15 is 0 Å². The molecule has 0 radical (unpaired) electrons. The largest absolute Gasteiger partial charge is 0.394 e. The fourth-order valence-corrected chi connectivity index (χ4v) is 1.27. The van der Waals surface area contributed by atoms with Gasteiger partial charge in [-0.25, -0.2) is 0 Å². The molecule has 7 nitrogen and oxygen atoms in total. The first-order valence-electron chi connectivity index (χ1n) is 5.49. The van der Waals surface area contributed by atoms with Crippen molar-refractivity contribution in [1.29, 1.82) is 0 Å². The van der Waals surface area contributed by atoms with E-state index in [0.29, 0.717) is 19.8 Å². The van der Waals surface area contributed by atoms with Gasteiger partial charge in [0.05, 0.1) is 57.5 Å². The third-order valence-corrected chi connectivity index (χ3v) is 2.15. The number of nitrogens with zero attached hydrogens (tertiary/aromatic N) is 2. The van der Waals surface area contributed by atoms with Crippen LogP contribution in [0.3, 0.4) is 0 Å². The predicted octanol–water partition coefficient (Wildman–Crippen LogP) is -1.34. The van der Waals surface area contributed by atoms with Crippen molar-refractivity contribution in [2.45, 2.75) is 12.6 Å². The van der Waals surface area contributed by atoms with Gasteiger partial charge >= 0.3 is 0 Å². The Morgan fingerprint density at radius 1 is 1.29 bits per heavy atom. The quantitative estimate of drug-likeness (QED) is 0.402. The molecule has 17 heavy (non-hydrogen) atoms. The summed E-state index contributed by atoms with van der Waals surface area (Å²) in [6.07, 6.45) is 3.38. The van der Waals surface area contributed by atoms with Crippen molar-refractivity contribution in [2.24, 2.45) is 0 Å². The Morgan fingerprint density at radius 2 is 2.06 bits per heavy atom. The third-order valence-electron chi connectivity index (χ3n) is 2.15. The van der Waals surface area contributed by atoms with E-state index in [1.165, 1.54) is 0 Å². The molecule has 0 aromatic carbocycles. The molecule has 0 fully saturated rings. The summed E-state index contributed by atoms with van der Waals surface area (Å²) < 4.78 is 6.79. The second-order valence-corrected chi connectivity index (χ2v) is 3.53. The standard InChI is InChI=1S/C10H19N3O4/c14-2-4-17-3-1-13-6-9(5-11-13)12-10(7-15)8-16/h5-6,10,12,14-16H,1-4,7-8H2. The number of hydrogen-bond acceptors (Lipinski definition) is 6. The van der Waals surface area contributed by atoms with Crippen LogP contribution in [0, 0.1) is 0 Å². The fraction of sp³-hybridized carbons (Fsp3) is 0.700. The molecule has 0 unspecified atom stereocenters. The molecular formula is C10H19N3O4. The van der Waals surface area contributed by atoms with E-state index in [1.54, 1.807) is 17.1 Å². The Balaban J connectivity index is 2.32. The lowest BCUT2D eigenvalue weighted by molar-refractivity contribution is 0.0854. The van der Waals surface area contributed by atoms with E-state index in [1.807, 2.05) is 0 Å². The number of aliphatic hydroxyl groups is 3. The number of aromatic nitrogens is 2. The van der Waals surface area contributed by atoms with Gasteiger partial charge in [0.2, 0.25) is 0 Å². The average molecular weight is 245 g/mol. The molecule has 0 spiro atoms. The zero-order valence-corrected chi connectivity index (χ0v) is 9.62. The highest BCUT2D eigenvalue weighted by Gasteiger charge is 2.06. The van der Waals surface area contributed by atoms with Crippen LogP contribution in [0.25, 0.3) is 0 Å². The molecule has 7 heteroatoms. The highest BCUT2D eigenvalue weighted by atomic mass is 16.5. The van der Waals surface area contributed by atoms with Crippen LogP contribution in [0.5, 0.6) is 0 Å². The minimum atomic E-state index is -0.377. The number of anilines is 1. The normalized spacial score (nSPS) is 11.1. The lowest BCUT2D eigenvalue weighted by atomic mass is 10.3. The van der Waals surface area contributed by atoms with Crippen molar-refractivity contribution in [3.63, 3.8) is 0 Å². The number of nitrogens with one attached hydrogen (secondary N) is 1. The smallest absolute Gasteiger partial charge is 0.0730 e. The zero-order valence-electron chi connectivity index (χ0n) is 9.62. The zero-order chi connectivity index (χ0) is 12.5. The summed E-state index contributed by atoms with van der Waals surface area (Å²) in [7, 11) is 0. The van der Waals surface area contributed by atoms with Crippen LogP contribution < -0.4 is 5.32 Å². The predicted molar refractivity (Wildman–Crippen MR) is 61.7 cm³/mol. The summed E-state index contributed by atoms with van der Waals surface area (Å²) in [5, 5.41) is 33.3. The summed E-state index contributed by atoms with van der Waals surface area (Å²) in [5.41, 5.74) is 0.736. The Labute approximate surface area is 99.6 Å². The first-order valence-corrected chi connectivity index (χ1v) is 5.49. The van der Waals surface area contributed by atoms with Gasteiger partial charge in [0.1, 0.15) is 0 Å². The maximum Gasteiger partial charge on any atom is 0.0730 e. The molecule has 0 atom stereocenters. The summed E-state index contributed by atoms with van der Waals surface area (Å²) in [6.45, 7) is 1.13. The molecule has 1 aromatic rings. The molecular weight excluding hydrogens is 226 g/mol. The molecule has 0 aliphatic heterocycles. The number of hydrogen-bond donors (Lipinski definition) is 4. The number of rotatable bonds is 9. The van der Waals surface area contributed by atoms with Gasteiger partial charge < -0.3 is 25.4 Å². The molecule has 98 valence electrons. The van der Waals surface area contributed by atoms with Crippen molar-refractivity contribution < 1.29 is 20.1 Å². The molecule has 4 N–H and O–H groups in total. The Bertz CT molecular complexity index is 301. The molecule has 1 heterocycles. The van der Waals surface area contributed by atoms with Crippen molar-refractivity contribution in [1.82, 2.24) is 9.78 Å². The number of aliphatic hydroxyl groups excluding tert-OH is 3. The molecule has 1 rings (SSSR count). The van der Waals surface area contributed by atoms with Crippen LogP contribution in [0.1, 0.15) is 0 Å². The summed E-state index contributed by atoms with van der Waals surface area (Å²) >= 11 is 0. The van der Waals surface area contributed by atoms with Gasteiger partial charge in [-0.1, -0.05) is 0 Å². The van der Waals surface area contributed by atoms with E-state index in [4.69, 9.17) is 20.1 Å². The van der Waals surface area contributed by atoms with Crippen LogP contribution in [0.2, 0.25) is 0 Å². The second kappa shape index (κ2) is 8.02. The molecule has 0 amide bonds. The topological polar surface area (TPSA) is 99.8 Å². The first-order chi connectivity index (χ1) is 8.30. The van der Waals surface area contributed by atoms with E-state index in [2.05, 4.69) is 10.4 Å². The Kier molecular flexibility index (Phi) is 6.56. The highest BCUT2D eigenvalue weighted by Crippen LogP contribution is 2.06.